The molecule has 0 atom stereocenters. The lowest BCUT2D eigenvalue weighted by atomic mass is 9.84. The Kier molecular flexibility index (Phi) is 8.46. The molecule has 3 aromatic rings. The number of amides is 2. The molecular formula is C32H34N2O5. The van der Waals surface area contributed by atoms with Crippen molar-refractivity contribution in [1.29, 1.82) is 0 Å². The highest BCUT2D eigenvalue weighted by Crippen LogP contribution is 2.33. The summed E-state index contributed by atoms with van der Waals surface area (Å²) in [6, 6.07) is 22.8. The molecule has 3 aromatic carbocycles. The van der Waals surface area contributed by atoms with E-state index in [1.807, 2.05) is 37.3 Å². The maximum atomic E-state index is 12.9. The monoisotopic (exact) mass is 526 g/mol. The minimum Gasteiger partial charge on any atom is -0.490 e. The summed E-state index contributed by atoms with van der Waals surface area (Å²) in [5.74, 6) is 1.75. The number of carbonyl (C=O) groups excluding carboxylic acids is 2. The summed E-state index contributed by atoms with van der Waals surface area (Å²) >= 11 is 0. The first-order valence-corrected chi connectivity index (χ1v) is 13.7. The van der Waals surface area contributed by atoms with Gasteiger partial charge in [0.1, 0.15) is 24.5 Å². The fourth-order valence-electron chi connectivity index (χ4n) is 5.07. The summed E-state index contributed by atoms with van der Waals surface area (Å²) < 4.78 is 17.6. The van der Waals surface area contributed by atoms with E-state index < -0.39 is 11.8 Å². The molecule has 1 aliphatic carbocycles. The van der Waals surface area contributed by atoms with Crippen LogP contribution in [0.25, 0.3) is 6.08 Å². The second kappa shape index (κ2) is 12.5. The van der Waals surface area contributed by atoms with Crippen LogP contribution in [0.15, 0.2) is 78.4 Å². The topological polar surface area (TPSA) is 77.1 Å². The molecule has 0 spiro atoms. The van der Waals surface area contributed by atoms with Gasteiger partial charge in [0, 0.05) is 0 Å². The van der Waals surface area contributed by atoms with E-state index in [4.69, 9.17) is 14.2 Å². The molecule has 2 aliphatic rings. The summed E-state index contributed by atoms with van der Waals surface area (Å²) in [6.07, 6.45) is 8.12. The minimum atomic E-state index is -0.453. The van der Waals surface area contributed by atoms with E-state index in [0.717, 1.165) is 5.75 Å². The predicted molar refractivity (Wildman–Crippen MR) is 151 cm³/mol. The molecule has 0 radical (unpaired) electrons. The first-order valence-electron chi connectivity index (χ1n) is 13.7. The molecular weight excluding hydrogens is 492 g/mol. The van der Waals surface area contributed by atoms with Gasteiger partial charge in [0.15, 0.2) is 11.5 Å². The second-order valence-corrected chi connectivity index (χ2v) is 9.72. The Morgan fingerprint density at radius 3 is 2.33 bits per heavy atom. The lowest BCUT2D eigenvalue weighted by Crippen LogP contribution is -2.35. The van der Waals surface area contributed by atoms with Gasteiger partial charge in [-0.25, -0.2) is 5.01 Å². The highest BCUT2D eigenvalue weighted by atomic mass is 16.5. The number of hydrogen-bond donors (Lipinski definition) is 1. The number of benzene rings is 3. The van der Waals surface area contributed by atoms with E-state index in [9.17, 15) is 9.59 Å². The quantitative estimate of drug-likeness (QED) is 0.198. The van der Waals surface area contributed by atoms with E-state index in [1.54, 1.807) is 36.4 Å². The van der Waals surface area contributed by atoms with Gasteiger partial charge in [0.2, 0.25) is 0 Å². The average Bonchev–Trinajstić information content (AvgIpc) is 3.26. The van der Waals surface area contributed by atoms with Crippen LogP contribution in [0.4, 0.5) is 5.69 Å². The van der Waals surface area contributed by atoms with E-state index >= 15 is 0 Å². The highest BCUT2D eigenvalue weighted by molar-refractivity contribution is 6.31. The highest BCUT2D eigenvalue weighted by Gasteiger charge is 2.34. The van der Waals surface area contributed by atoms with E-state index in [0.29, 0.717) is 48.5 Å². The van der Waals surface area contributed by atoms with Crippen LogP contribution in [-0.4, -0.2) is 31.6 Å². The molecule has 1 N–H and O–H groups in total. The number of nitrogens with one attached hydrogen (secondary N) is 1. The number of carbonyl (C=O) groups is 2. The van der Waals surface area contributed by atoms with E-state index in [-0.39, 0.29) is 5.57 Å². The van der Waals surface area contributed by atoms with Crippen LogP contribution in [-0.2, 0) is 9.59 Å². The Hall–Kier alpha value is -4.26. The van der Waals surface area contributed by atoms with Crippen molar-refractivity contribution in [2.75, 3.05) is 24.8 Å². The van der Waals surface area contributed by atoms with Crippen molar-refractivity contribution < 1.29 is 23.8 Å². The van der Waals surface area contributed by atoms with E-state index in [1.165, 1.54) is 42.7 Å². The van der Waals surface area contributed by atoms with Crippen molar-refractivity contribution in [3.8, 4) is 17.2 Å². The lowest BCUT2D eigenvalue weighted by molar-refractivity contribution is -0.117. The molecule has 5 rings (SSSR count). The van der Waals surface area contributed by atoms with Gasteiger partial charge in [-0.2, -0.15) is 0 Å². The molecule has 0 unspecified atom stereocenters. The normalized spacial score (nSPS) is 16.8. The number of anilines is 1. The number of hydrazine groups is 1. The summed E-state index contributed by atoms with van der Waals surface area (Å²) in [5.41, 5.74) is 5.33. The van der Waals surface area contributed by atoms with Crippen molar-refractivity contribution in [3.63, 3.8) is 0 Å². The summed E-state index contributed by atoms with van der Waals surface area (Å²) in [5, 5.41) is 1.25. The Bertz CT molecular complexity index is 1310. The third kappa shape index (κ3) is 6.42. The molecule has 0 bridgehead atoms. The lowest BCUT2D eigenvalue weighted by Gasteiger charge is -2.22. The van der Waals surface area contributed by atoms with Gasteiger partial charge in [-0.1, -0.05) is 55.7 Å². The molecule has 0 aromatic heterocycles. The molecule has 1 aliphatic heterocycles. The zero-order valence-electron chi connectivity index (χ0n) is 22.2. The minimum absolute atomic E-state index is 0.0536. The third-order valence-electron chi connectivity index (χ3n) is 7.05. The van der Waals surface area contributed by atoms with Gasteiger partial charge in [-0.15, -0.1) is 0 Å². The first kappa shape index (κ1) is 26.4. The molecule has 1 saturated heterocycles. The van der Waals surface area contributed by atoms with Crippen molar-refractivity contribution in [1.82, 2.24) is 5.43 Å². The van der Waals surface area contributed by atoms with Gasteiger partial charge in [0.05, 0.1) is 12.3 Å². The number of rotatable bonds is 10. The fraction of sp³-hybridized carbons (Fsp3) is 0.312. The largest absolute Gasteiger partial charge is 0.490 e. The predicted octanol–water partition coefficient (Wildman–Crippen LogP) is 6.05. The molecule has 39 heavy (non-hydrogen) atoms. The van der Waals surface area contributed by atoms with Gasteiger partial charge < -0.3 is 14.2 Å². The maximum Gasteiger partial charge on any atom is 0.282 e. The molecule has 7 heteroatoms. The van der Waals surface area contributed by atoms with Crippen LogP contribution in [0.3, 0.4) is 0 Å². The standard InChI is InChI=1S/C32H34N2O5/c1-2-37-30-22-23(21-28-31(35)33-34(32(28)36)26-11-7-4-8-12-26)13-18-29(30)39-20-19-38-27-16-14-25(15-17-27)24-9-5-3-6-10-24/h4,7-8,11-18,21-22,24H,2-3,5-6,9-10,19-20H2,1H3,(H,33,35). The molecule has 202 valence electrons. The Morgan fingerprint density at radius 2 is 1.59 bits per heavy atom. The van der Waals surface area contributed by atoms with Crippen molar-refractivity contribution in [2.24, 2.45) is 0 Å². The van der Waals surface area contributed by atoms with Crippen LogP contribution in [0.2, 0.25) is 0 Å². The number of para-hydroxylation sites is 1. The average molecular weight is 527 g/mol. The van der Waals surface area contributed by atoms with Gasteiger partial charge in [0.25, 0.3) is 11.8 Å². The molecule has 2 fully saturated rings. The summed E-state index contributed by atoms with van der Waals surface area (Å²) in [7, 11) is 0. The SMILES string of the molecule is CCOc1cc(C=C2C(=O)NN(c3ccccc3)C2=O)ccc1OCCOc1ccc(C2CCCCC2)cc1. The van der Waals surface area contributed by atoms with Crippen molar-refractivity contribution in [3.05, 3.63) is 89.5 Å². The number of ether oxygens (including phenoxy) is 3. The van der Waals surface area contributed by atoms with Crippen LogP contribution in [0, 0.1) is 0 Å². The van der Waals surface area contributed by atoms with Crippen molar-refractivity contribution >= 4 is 23.6 Å². The Labute approximate surface area is 229 Å². The van der Waals surface area contributed by atoms with Crippen LogP contribution in [0.1, 0.15) is 56.1 Å². The number of nitrogens with zero attached hydrogens (tertiary/aromatic N) is 1. The van der Waals surface area contributed by atoms with Crippen LogP contribution < -0.4 is 24.6 Å². The molecule has 2 amide bonds. The Balaban J connectivity index is 1.19. The van der Waals surface area contributed by atoms with Crippen LogP contribution >= 0.6 is 0 Å². The van der Waals surface area contributed by atoms with Crippen LogP contribution in [0.5, 0.6) is 17.2 Å². The maximum absolute atomic E-state index is 12.9. The zero-order valence-corrected chi connectivity index (χ0v) is 22.2. The molecule has 1 saturated carbocycles. The van der Waals surface area contributed by atoms with E-state index in [2.05, 4.69) is 17.6 Å². The first-order chi connectivity index (χ1) is 19.1. The fourth-order valence-corrected chi connectivity index (χ4v) is 5.07. The molecule has 7 nitrogen and oxygen atoms in total. The molecule has 1 heterocycles. The second-order valence-electron chi connectivity index (χ2n) is 9.72. The summed E-state index contributed by atoms with van der Waals surface area (Å²) in [4.78, 5) is 25.4. The van der Waals surface area contributed by atoms with Gasteiger partial charge >= 0.3 is 0 Å². The zero-order chi connectivity index (χ0) is 27.0. The number of hydrogen-bond acceptors (Lipinski definition) is 5. The van der Waals surface area contributed by atoms with Gasteiger partial charge in [-0.3, -0.25) is 15.0 Å². The summed E-state index contributed by atoms with van der Waals surface area (Å²) in [6.45, 7) is 3.07. The smallest absolute Gasteiger partial charge is 0.282 e. The third-order valence-corrected chi connectivity index (χ3v) is 7.05. The van der Waals surface area contributed by atoms with Crippen molar-refractivity contribution in [2.45, 2.75) is 44.9 Å². The van der Waals surface area contributed by atoms with Gasteiger partial charge in [-0.05, 0) is 79.3 Å². The Morgan fingerprint density at radius 1 is 0.846 bits per heavy atom.